The van der Waals surface area contributed by atoms with Crippen molar-refractivity contribution in [3.63, 3.8) is 0 Å². The lowest BCUT2D eigenvalue weighted by Crippen LogP contribution is -2.24. The molecule has 0 bridgehead atoms. The molecule has 0 radical (unpaired) electrons. The zero-order valence-corrected chi connectivity index (χ0v) is 11.6. The van der Waals surface area contributed by atoms with Crippen LogP contribution in [0.4, 0.5) is 13.2 Å². The average molecular weight is 295 g/mol. The SMILES string of the molecule is CCCNC(c1cccnc1)c1ccc(C(F)(F)F)cn1. The molecule has 2 aromatic rings. The molecule has 112 valence electrons. The molecular formula is C15H16F3N3. The first-order valence-corrected chi connectivity index (χ1v) is 6.69. The van der Waals surface area contributed by atoms with Crippen LogP contribution in [0, 0.1) is 0 Å². The van der Waals surface area contributed by atoms with Gasteiger partial charge < -0.3 is 5.32 Å². The predicted octanol–water partition coefficient (Wildman–Crippen LogP) is 3.58. The molecule has 2 aromatic heterocycles. The van der Waals surface area contributed by atoms with Crippen LogP contribution >= 0.6 is 0 Å². The summed E-state index contributed by atoms with van der Waals surface area (Å²) in [7, 11) is 0. The first kappa shape index (κ1) is 15.4. The van der Waals surface area contributed by atoms with E-state index in [4.69, 9.17) is 0 Å². The highest BCUT2D eigenvalue weighted by molar-refractivity contribution is 5.27. The molecule has 0 spiro atoms. The fourth-order valence-electron chi connectivity index (χ4n) is 1.97. The first-order valence-electron chi connectivity index (χ1n) is 6.69. The van der Waals surface area contributed by atoms with Crippen LogP contribution in [0.3, 0.4) is 0 Å². The van der Waals surface area contributed by atoms with Crippen molar-refractivity contribution in [2.75, 3.05) is 6.54 Å². The summed E-state index contributed by atoms with van der Waals surface area (Å²) in [6, 6.07) is 5.86. The summed E-state index contributed by atoms with van der Waals surface area (Å²) in [4.78, 5) is 8.01. The maximum Gasteiger partial charge on any atom is 0.417 e. The fraction of sp³-hybridized carbons (Fsp3) is 0.333. The Morgan fingerprint density at radius 1 is 1.19 bits per heavy atom. The van der Waals surface area contributed by atoms with E-state index in [1.807, 2.05) is 13.0 Å². The van der Waals surface area contributed by atoms with E-state index in [9.17, 15) is 13.2 Å². The molecule has 1 N–H and O–H groups in total. The van der Waals surface area contributed by atoms with Crippen molar-refractivity contribution in [3.05, 3.63) is 59.7 Å². The number of hydrogen-bond donors (Lipinski definition) is 1. The minimum Gasteiger partial charge on any atom is -0.305 e. The van der Waals surface area contributed by atoms with Crippen molar-refractivity contribution in [1.82, 2.24) is 15.3 Å². The number of pyridine rings is 2. The van der Waals surface area contributed by atoms with Gasteiger partial charge in [-0.15, -0.1) is 0 Å². The van der Waals surface area contributed by atoms with Gasteiger partial charge in [-0.3, -0.25) is 9.97 Å². The van der Waals surface area contributed by atoms with Crippen LogP contribution in [0.15, 0.2) is 42.9 Å². The van der Waals surface area contributed by atoms with E-state index in [0.717, 1.165) is 30.8 Å². The van der Waals surface area contributed by atoms with E-state index in [1.165, 1.54) is 6.07 Å². The van der Waals surface area contributed by atoms with Crippen molar-refractivity contribution in [3.8, 4) is 0 Å². The summed E-state index contributed by atoms with van der Waals surface area (Å²) >= 11 is 0. The third-order valence-corrected chi connectivity index (χ3v) is 3.03. The number of hydrogen-bond acceptors (Lipinski definition) is 3. The predicted molar refractivity (Wildman–Crippen MR) is 73.6 cm³/mol. The highest BCUT2D eigenvalue weighted by Gasteiger charge is 2.31. The molecule has 2 rings (SSSR count). The van der Waals surface area contributed by atoms with Gasteiger partial charge >= 0.3 is 6.18 Å². The fourth-order valence-corrected chi connectivity index (χ4v) is 1.97. The van der Waals surface area contributed by atoms with Gasteiger partial charge in [-0.1, -0.05) is 13.0 Å². The smallest absolute Gasteiger partial charge is 0.305 e. The van der Waals surface area contributed by atoms with Gasteiger partial charge in [0.25, 0.3) is 0 Å². The molecule has 0 saturated carbocycles. The molecular weight excluding hydrogens is 279 g/mol. The van der Waals surface area contributed by atoms with E-state index < -0.39 is 11.7 Å². The van der Waals surface area contributed by atoms with E-state index in [1.54, 1.807) is 18.5 Å². The number of halogens is 3. The van der Waals surface area contributed by atoms with Gasteiger partial charge in [0.2, 0.25) is 0 Å². The van der Waals surface area contributed by atoms with Crippen LogP contribution in [0.5, 0.6) is 0 Å². The Labute approximate surface area is 121 Å². The highest BCUT2D eigenvalue weighted by atomic mass is 19.4. The lowest BCUT2D eigenvalue weighted by molar-refractivity contribution is -0.137. The van der Waals surface area contributed by atoms with Crippen molar-refractivity contribution < 1.29 is 13.2 Å². The van der Waals surface area contributed by atoms with Gasteiger partial charge in [0.1, 0.15) is 0 Å². The Morgan fingerprint density at radius 2 is 2.00 bits per heavy atom. The second kappa shape index (κ2) is 6.67. The van der Waals surface area contributed by atoms with Gasteiger partial charge in [0.15, 0.2) is 0 Å². The quantitative estimate of drug-likeness (QED) is 0.916. The minimum absolute atomic E-state index is 0.263. The van der Waals surface area contributed by atoms with Gasteiger partial charge in [-0.2, -0.15) is 13.2 Å². The molecule has 0 aliphatic carbocycles. The van der Waals surface area contributed by atoms with Crippen LogP contribution in [0.2, 0.25) is 0 Å². The Hall–Kier alpha value is -1.95. The second-order valence-corrected chi connectivity index (χ2v) is 4.64. The summed E-state index contributed by atoms with van der Waals surface area (Å²) in [5, 5.41) is 3.28. The molecule has 1 atom stereocenters. The molecule has 3 nitrogen and oxygen atoms in total. The summed E-state index contributed by atoms with van der Waals surface area (Å²) in [6.07, 6.45) is 0.753. The third kappa shape index (κ3) is 4.01. The van der Waals surface area contributed by atoms with Crippen molar-refractivity contribution in [1.29, 1.82) is 0 Å². The Morgan fingerprint density at radius 3 is 2.52 bits per heavy atom. The number of nitrogens with zero attached hydrogens (tertiary/aromatic N) is 2. The first-order chi connectivity index (χ1) is 10.0. The molecule has 0 fully saturated rings. The van der Waals surface area contributed by atoms with Gasteiger partial charge in [-0.25, -0.2) is 0 Å². The molecule has 6 heteroatoms. The largest absolute Gasteiger partial charge is 0.417 e. The zero-order chi connectivity index (χ0) is 15.3. The Kier molecular flexibility index (Phi) is 4.90. The van der Waals surface area contributed by atoms with Gasteiger partial charge in [0.05, 0.1) is 17.3 Å². The molecule has 1 unspecified atom stereocenters. The standard InChI is InChI=1S/C15H16F3N3/c1-2-7-20-14(11-4-3-8-19-9-11)13-6-5-12(10-21-13)15(16,17)18/h3-6,8-10,14,20H,2,7H2,1H3. The van der Waals surface area contributed by atoms with Gasteiger partial charge in [-0.05, 0) is 36.7 Å². The zero-order valence-electron chi connectivity index (χ0n) is 11.6. The molecule has 0 amide bonds. The normalized spacial score (nSPS) is 13.1. The second-order valence-electron chi connectivity index (χ2n) is 4.64. The van der Waals surface area contributed by atoms with E-state index >= 15 is 0 Å². The molecule has 0 aliphatic heterocycles. The lowest BCUT2D eigenvalue weighted by Gasteiger charge is -2.18. The summed E-state index contributed by atoms with van der Waals surface area (Å²) < 4.78 is 37.7. The summed E-state index contributed by atoms with van der Waals surface area (Å²) in [6.45, 7) is 2.76. The van der Waals surface area contributed by atoms with Crippen LogP contribution in [-0.4, -0.2) is 16.5 Å². The van der Waals surface area contributed by atoms with Crippen molar-refractivity contribution in [2.24, 2.45) is 0 Å². The molecule has 0 saturated heterocycles. The Balaban J connectivity index is 2.29. The summed E-state index contributed by atoms with van der Waals surface area (Å²) in [5.74, 6) is 0. The van der Waals surface area contributed by atoms with Crippen molar-refractivity contribution in [2.45, 2.75) is 25.6 Å². The topological polar surface area (TPSA) is 37.8 Å². The number of alkyl halides is 3. The van der Waals surface area contributed by atoms with Crippen LogP contribution in [-0.2, 0) is 6.18 Å². The van der Waals surface area contributed by atoms with Crippen molar-refractivity contribution >= 4 is 0 Å². The number of nitrogens with one attached hydrogen (secondary N) is 1. The number of rotatable bonds is 5. The monoisotopic (exact) mass is 295 g/mol. The highest BCUT2D eigenvalue weighted by Crippen LogP contribution is 2.29. The lowest BCUT2D eigenvalue weighted by atomic mass is 10.0. The minimum atomic E-state index is -4.37. The van der Waals surface area contributed by atoms with E-state index in [0.29, 0.717) is 5.69 Å². The molecule has 2 heterocycles. The molecule has 21 heavy (non-hydrogen) atoms. The van der Waals surface area contributed by atoms with E-state index in [-0.39, 0.29) is 6.04 Å². The average Bonchev–Trinajstić information content (AvgIpc) is 2.48. The maximum absolute atomic E-state index is 12.6. The maximum atomic E-state index is 12.6. The van der Waals surface area contributed by atoms with Crippen LogP contribution in [0.25, 0.3) is 0 Å². The van der Waals surface area contributed by atoms with Crippen LogP contribution < -0.4 is 5.32 Å². The summed E-state index contributed by atoms with van der Waals surface area (Å²) in [5.41, 5.74) is 0.675. The number of aromatic nitrogens is 2. The molecule has 0 aromatic carbocycles. The van der Waals surface area contributed by atoms with Crippen LogP contribution in [0.1, 0.15) is 36.2 Å². The third-order valence-electron chi connectivity index (χ3n) is 3.03. The Bertz CT molecular complexity index is 553. The molecule has 0 aliphatic rings. The van der Waals surface area contributed by atoms with Gasteiger partial charge in [0, 0.05) is 18.6 Å². The van der Waals surface area contributed by atoms with E-state index in [2.05, 4.69) is 15.3 Å².